The van der Waals surface area contributed by atoms with E-state index in [0.717, 1.165) is 21.5 Å². The Bertz CT molecular complexity index is 1160. The van der Waals surface area contributed by atoms with E-state index in [1.54, 1.807) is 9.25 Å². The SMILES string of the molecule is CCn1c(-n2nc(C)c(C)c2C)nc2c1c(=O)n(CC(N)=O)c(=O)n2C. The normalized spacial score (nSPS) is 11.4. The maximum Gasteiger partial charge on any atom is 0.332 e. The highest BCUT2D eigenvalue weighted by molar-refractivity contribution is 5.75. The number of imidazole rings is 1. The number of primary amides is 1. The molecule has 3 rings (SSSR count). The van der Waals surface area contributed by atoms with Gasteiger partial charge in [0, 0.05) is 19.3 Å². The van der Waals surface area contributed by atoms with Crippen molar-refractivity contribution in [3.8, 4) is 5.95 Å². The molecule has 10 heteroatoms. The van der Waals surface area contributed by atoms with Gasteiger partial charge in [-0.15, -0.1) is 0 Å². The molecule has 0 aromatic carbocycles. The van der Waals surface area contributed by atoms with Crippen LogP contribution in [0.3, 0.4) is 0 Å². The molecule has 138 valence electrons. The van der Waals surface area contributed by atoms with Gasteiger partial charge in [-0.25, -0.2) is 14.0 Å². The maximum atomic E-state index is 12.9. The number of hydrogen-bond donors (Lipinski definition) is 1. The Morgan fingerprint density at radius 2 is 1.81 bits per heavy atom. The quantitative estimate of drug-likeness (QED) is 0.673. The number of aryl methyl sites for hydroxylation is 3. The minimum absolute atomic E-state index is 0.232. The Balaban J connectivity index is 2.45. The summed E-state index contributed by atoms with van der Waals surface area (Å²) in [6.45, 7) is 7.60. The van der Waals surface area contributed by atoms with Crippen LogP contribution in [0.2, 0.25) is 0 Å². The summed E-state index contributed by atoms with van der Waals surface area (Å²) in [4.78, 5) is 41.1. The average molecular weight is 359 g/mol. The van der Waals surface area contributed by atoms with E-state index in [-0.39, 0.29) is 11.2 Å². The van der Waals surface area contributed by atoms with Crippen LogP contribution < -0.4 is 17.0 Å². The van der Waals surface area contributed by atoms with Gasteiger partial charge in [-0.1, -0.05) is 0 Å². The van der Waals surface area contributed by atoms with Gasteiger partial charge < -0.3 is 10.3 Å². The number of nitrogens with zero attached hydrogens (tertiary/aromatic N) is 6. The number of carbonyl (C=O) groups is 1. The second kappa shape index (κ2) is 5.97. The largest absolute Gasteiger partial charge is 0.368 e. The van der Waals surface area contributed by atoms with Crippen LogP contribution in [0.15, 0.2) is 9.59 Å². The number of carbonyl (C=O) groups excluding carboxylic acids is 1. The Hall–Kier alpha value is -3.17. The monoisotopic (exact) mass is 359 g/mol. The molecule has 0 unspecified atom stereocenters. The van der Waals surface area contributed by atoms with Crippen molar-refractivity contribution in [2.24, 2.45) is 12.8 Å². The summed E-state index contributed by atoms with van der Waals surface area (Å²) < 4.78 is 5.42. The molecule has 3 heterocycles. The maximum absolute atomic E-state index is 12.9. The molecule has 2 N–H and O–H groups in total. The standard InChI is InChI=1S/C16H21N7O3/c1-6-21-12-13(18-15(21)23-10(4)8(2)9(3)19-23)20(5)16(26)22(14(12)25)7-11(17)24/h6-7H2,1-5H3,(H2,17,24). The van der Waals surface area contributed by atoms with E-state index in [1.165, 1.54) is 11.6 Å². The first-order chi connectivity index (χ1) is 12.2. The zero-order valence-corrected chi connectivity index (χ0v) is 15.4. The lowest BCUT2D eigenvalue weighted by atomic mass is 10.2. The van der Waals surface area contributed by atoms with Crippen LogP contribution in [0.4, 0.5) is 0 Å². The van der Waals surface area contributed by atoms with Crippen LogP contribution in [0.1, 0.15) is 23.9 Å². The van der Waals surface area contributed by atoms with Crippen LogP contribution in [0.25, 0.3) is 17.1 Å². The zero-order chi connectivity index (χ0) is 19.3. The van der Waals surface area contributed by atoms with Crippen LogP contribution in [0, 0.1) is 20.8 Å². The Morgan fingerprint density at radius 1 is 1.15 bits per heavy atom. The Labute approximate surface area is 148 Å². The predicted octanol–water partition coefficient (Wildman–Crippen LogP) is -0.487. The van der Waals surface area contributed by atoms with Crippen molar-refractivity contribution in [1.29, 1.82) is 0 Å². The number of fused-ring (bicyclic) bond motifs is 1. The molecule has 3 aromatic rings. The summed E-state index contributed by atoms with van der Waals surface area (Å²) >= 11 is 0. The van der Waals surface area contributed by atoms with Crippen molar-refractivity contribution in [2.75, 3.05) is 0 Å². The highest BCUT2D eigenvalue weighted by atomic mass is 16.2. The molecular weight excluding hydrogens is 338 g/mol. The summed E-state index contributed by atoms with van der Waals surface area (Å²) in [5.74, 6) is -0.319. The first-order valence-electron chi connectivity index (χ1n) is 8.20. The van der Waals surface area contributed by atoms with Gasteiger partial charge in [0.1, 0.15) is 6.54 Å². The molecule has 0 aliphatic rings. The second-order valence-electron chi connectivity index (χ2n) is 6.24. The molecule has 3 aromatic heterocycles. The number of rotatable bonds is 4. The topological polar surface area (TPSA) is 123 Å². The lowest BCUT2D eigenvalue weighted by molar-refractivity contribution is -0.118. The molecule has 0 spiro atoms. The van der Waals surface area contributed by atoms with E-state index in [4.69, 9.17) is 5.73 Å². The smallest absolute Gasteiger partial charge is 0.332 e. The number of aromatic nitrogens is 6. The lowest BCUT2D eigenvalue weighted by Crippen LogP contribution is -2.42. The minimum Gasteiger partial charge on any atom is -0.368 e. The second-order valence-corrected chi connectivity index (χ2v) is 6.24. The number of nitrogens with two attached hydrogens (primary N) is 1. The summed E-state index contributed by atoms with van der Waals surface area (Å²) in [7, 11) is 1.50. The van der Waals surface area contributed by atoms with Crippen molar-refractivity contribution >= 4 is 17.1 Å². The van der Waals surface area contributed by atoms with Gasteiger partial charge in [-0.2, -0.15) is 10.1 Å². The van der Waals surface area contributed by atoms with E-state index < -0.39 is 23.7 Å². The summed E-state index contributed by atoms with van der Waals surface area (Å²) in [5, 5.41) is 4.50. The molecule has 10 nitrogen and oxygen atoms in total. The number of hydrogen-bond acceptors (Lipinski definition) is 5. The fourth-order valence-electron chi connectivity index (χ4n) is 3.03. The first-order valence-corrected chi connectivity index (χ1v) is 8.20. The van der Waals surface area contributed by atoms with E-state index >= 15 is 0 Å². The fourth-order valence-corrected chi connectivity index (χ4v) is 3.03. The molecule has 0 radical (unpaired) electrons. The molecule has 0 atom stereocenters. The lowest BCUT2D eigenvalue weighted by Gasteiger charge is -2.09. The van der Waals surface area contributed by atoms with Crippen LogP contribution in [0.5, 0.6) is 0 Å². The van der Waals surface area contributed by atoms with E-state index in [2.05, 4.69) is 10.1 Å². The van der Waals surface area contributed by atoms with Crippen molar-refractivity contribution in [1.82, 2.24) is 28.5 Å². The van der Waals surface area contributed by atoms with Crippen LogP contribution >= 0.6 is 0 Å². The predicted molar refractivity (Wildman–Crippen MR) is 95.4 cm³/mol. The number of amides is 1. The zero-order valence-electron chi connectivity index (χ0n) is 15.4. The van der Waals surface area contributed by atoms with E-state index in [1.807, 2.05) is 27.7 Å². The third kappa shape index (κ3) is 2.37. The van der Waals surface area contributed by atoms with Gasteiger partial charge in [0.25, 0.3) is 5.56 Å². The molecule has 0 saturated carbocycles. The molecule has 0 saturated heterocycles. The average Bonchev–Trinajstić information content (AvgIpc) is 3.09. The summed E-state index contributed by atoms with van der Waals surface area (Å²) in [5.41, 5.74) is 7.20. The van der Waals surface area contributed by atoms with Crippen LogP contribution in [-0.4, -0.2) is 34.4 Å². The molecule has 1 amide bonds. The van der Waals surface area contributed by atoms with Crippen molar-refractivity contribution in [3.63, 3.8) is 0 Å². The first kappa shape index (κ1) is 17.6. The third-order valence-corrected chi connectivity index (χ3v) is 4.69. The van der Waals surface area contributed by atoms with Gasteiger partial charge in [-0.05, 0) is 33.3 Å². The Morgan fingerprint density at radius 3 is 2.31 bits per heavy atom. The van der Waals surface area contributed by atoms with Gasteiger partial charge in [0.05, 0.1) is 5.69 Å². The Kier molecular flexibility index (Phi) is 4.05. The molecule has 26 heavy (non-hydrogen) atoms. The van der Waals surface area contributed by atoms with Gasteiger partial charge in [0.2, 0.25) is 11.9 Å². The summed E-state index contributed by atoms with van der Waals surface area (Å²) in [6, 6.07) is 0. The van der Waals surface area contributed by atoms with Crippen molar-refractivity contribution < 1.29 is 4.79 Å². The minimum atomic E-state index is -0.763. The fraction of sp³-hybridized carbons (Fsp3) is 0.438. The van der Waals surface area contributed by atoms with Crippen LogP contribution in [-0.2, 0) is 24.9 Å². The van der Waals surface area contributed by atoms with E-state index in [9.17, 15) is 14.4 Å². The third-order valence-electron chi connectivity index (χ3n) is 4.69. The molecule has 0 aliphatic carbocycles. The highest BCUT2D eigenvalue weighted by Gasteiger charge is 2.23. The summed E-state index contributed by atoms with van der Waals surface area (Å²) in [6.07, 6.45) is 0. The highest BCUT2D eigenvalue weighted by Crippen LogP contribution is 2.19. The molecule has 0 bridgehead atoms. The van der Waals surface area contributed by atoms with Gasteiger partial charge in [-0.3, -0.25) is 14.2 Å². The van der Waals surface area contributed by atoms with Gasteiger partial charge in [0.15, 0.2) is 11.2 Å². The van der Waals surface area contributed by atoms with Crippen molar-refractivity contribution in [2.45, 2.75) is 40.8 Å². The molecule has 0 fully saturated rings. The molecular formula is C16H21N7O3. The van der Waals surface area contributed by atoms with E-state index in [0.29, 0.717) is 12.5 Å². The van der Waals surface area contributed by atoms with Crippen molar-refractivity contribution in [3.05, 3.63) is 37.8 Å². The van der Waals surface area contributed by atoms with Gasteiger partial charge >= 0.3 is 5.69 Å². The molecule has 0 aliphatic heterocycles.